The minimum absolute atomic E-state index is 0.230. The lowest BCUT2D eigenvalue weighted by molar-refractivity contribution is -0.149. The molecule has 0 aliphatic carbocycles. The molecular weight excluding hydrogens is 268 g/mol. The van der Waals surface area contributed by atoms with E-state index in [9.17, 15) is 19.2 Å². The lowest BCUT2D eigenvalue weighted by Gasteiger charge is -2.23. The molecule has 0 rings (SSSR count). The van der Waals surface area contributed by atoms with Crippen molar-refractivity contribution in [2.75, 3.05) is 7.11 Å². The van der Waals surface area contributed by atoms with Gasteiger partial charge in [0.1, 0.15) is 12.1 Å². The molecule has 0 heterocycles. The fourth-order valence-electron chi connectivity index (χ4n) is 1.47. The van der Waals surface area contributed by atoms with Gasteiger partial charge in [-0.25, -0.2) is 4.79 Å². The third-order valence-corrected chi connectivity index (χ3v) is 2.52. The van der Waals surface area contributed by atoms with E-state index in [0.29, 0.717) is 0 Å². The minimum atomic E-state index is -1.40. The Bertz CT molecular complexity index is 393. The van der Waals surface area contributed by atoms with Crippen LogP contribution in [0.4, 0.5) is 0 Å². The monoisotopic (exact) mass is 288 g/mol. The first-order chi connectivity index (χ1) is 9.18. The Morgan fingerprint density at radius 1 is 1.15 bits per heavy atom. The fourth-order valence-corrected chi connectivity index (χ4v) is 1.47. The van der Waals surface area contributed by atoms with Crippen molar-refractivity contribution in [2.24, 2.45) is 5.92 Å². The van der Waals surface area contributed by atoms with Crippen LogP contribution in [0.25, 0.3) is 0 Å². The van der Waals surface area contributed by atoms with Crippen LogP contribution in [0.3, 0.4) is 0 Å². The second-order valence-electron chi connectivity index (χ2n) is 4.60. The standard InChI is InChI=1S/C12H20N2O6/c1-6(2)10(13-7(3)15)11(17)14-8(12(18)19)5-9(16)20-4/h6,8,10H,5H2,1-4H3,(H,13,15)(H,14,17)(H,18,19)/t8-,10?/m0/s1. The SMILES string of the molecule is COC(=O)C[C@H](NC(=O)C(NC(C)=O)C(C)C)C(=O)O. The highest BCUT2D eigenvalue weighted by Gasteiger charge is 2.29. The predicted octanol–water partition coefficient (Wildman–Crippen LogP) is -0.720. The van der Waals surface area contributed by atoms with Gasteiger partial charge in [0, 0.05) is 6.92 Å². The summed E-state index contributed by atoms with van der Waals surface area (Å²) in [7, 11) is 1.12. The molecule has 20 heavy (non-hydrogen) atoms. The van der Waals surface area contributed by atoms with Crippen LogP contribution in [0.1, 0.15) is 27.2 Å². The van der Waals surface area contributed by atoms with Gasteiger partial charge < -0.3 is 20.5 Å². The van der Waals surface area contributed by atoms with Crippen molar-refractivity contribution in [3.63, 3.8) is 0 Å². The maximum absolute atomic E-state index is 12.0. The second-order valence-corrected chi connectivity index (χ2v) is 4.60. The zero-order chi connectivity index (χ0) is 15.9. The van der Waals surface area contributed by atoms with Crippen LogP contribution in [0, 0.1) is 5.92 Å². The molecule has 0 spiro atoms. The maximum Gasteiger partial charge on any atom is 0.326 e. The third kappa shape index (κ3) is 6.17. The van der Waals surface area contributed by atoms with E-state index in [-0.39, 0.29) is 5.92 Å². The zero-order valence-corrected chi connectivity index (χ0v) is 11.9. The number of methoxy groups -OCH3 is 1. The molecule has 8 heteroatoms. The Balaban J connectivity index is 4.83. The normalized spacial score (nSPS) is 13.2. The summed E-state index contributed by atoms with van der Waals surface area (Å²) in [5.74, 6) is -3.40. The van der Waals surface area contributed by atoms with Crippen LogP contribution >= 0.6 is 0 Å². The van der Waals surface area contributed by atoms with Gasteiger partial charge in [-0.2, -0.15) is 0 Å². The van der Waals surface area contributed by atoms with Crippen LogP contribution in [0.15, 0.2) is 0 Å². The molecule has 0 saturated carbocycles. The molecule has 0 fully saturated rings. The van der Waals surface area contributed by atoms with E-state index >= 15 is 0 Å². The molecule has 2 amide bonds. The minimum Gasteiger partial charge on any atom is -0.480 e. The Morgan fingerprint density at radius 2 is 1.70 bits per heavy atom. The van der Waals surface area contributed by atoms with Gasteiger partial charge in [-0.3, -0.25) is 14.4 Å². The molecule has 1 unspecified atom stereocenters. The van der Waals surface area contributed by atoms with Crippen molar-refractivity contribution in [2.45, 2.75) is 39.3 Å². The number of carboxylic acid groups (broad SMARTS) is 1. The second kappa shape index (κ2) is 8.13. The van der Waals surface area contributed by atoms with Crippen LogP contribution < -0.4 is 10.6 Å². The van der Waals surface area contributed by atoms with E-state index in [1.165, 1.54) is 6.92 Å². The Kier molecular flexibility index (Phi) is 7.27. The van der Waals surface area contributed by atoms with Gasteiger partial charge in [0.05, 0.1) is 13.5 Å². The molecule has 0 radical (unpaired) electrons. The van der Waals surface area contributed by atoms with Gasteiger partial charge in [-0.1, -0.05) is 13.8 Å². The van der Waals surface area contributed by atoms with Crippen LogP contribution in [0.5, 0.6) is 0 Å². The van der Waals surface area contributed by atoms with Crippen molar-refractivity contribution in [3.8, 4) is 0 Å². The molecule has 2 atom stereocenters. The maximum atomic E-state index is 12.0. The Morgan fingerprint density at radius 3 is 2.05 bits per heavy atom. The molecule has 8 nitrogen and oxygen atoms in total. The van der Waals surface area contributed by atoms with Crippen LogP contribution in [-0.2, 0) is 23.9 Å². The largest absolute Gasteiger partial charge is 0.480 e. The first-order valence-corrected chi connectivity index (χ1v) is 6.06. The average molecular weight is 288 g/mol. The van der Waals surface area contributed by atoms with Gasteiger partial charge >= 0.3 is 11.9 Å². The highest BCUT2D eigenvalue weighted by molar-refractivity contribution is 5.91. The zero-order valence-electron chi connectivity index (χ0n) is 11.9. The molecule has 0 aliphatic rings. The number of hydrogen-bond donors (Lipinski definition) is 3. The van der Waals surface area contributed by atoms with E-state index in [4.69, 9.17) is 5.11 Å². The summed E-state index contributed by atoms with van der Waals surface area (Å²) in [6, 6.07) is -2.27. The summed E-state index contributed by atoms with van der Waals surface area (Å²) in [4.78, 5) is 45.1. The van der Waals surface area contributed by atoms with Crippen LogP contribution in [-0.4, -0.2) is 48.1 Å². The number of carbonyl (C=O) groups is 4. The molecule has 0 aromatic rings. The van der Waals surface area contributed by atoms with E-state index in [2.05, 4.69) is 15.4 Å². The Labute approximate surface area is 116 Å². The van der Waals surface area contributed by atoms with E-state index in [1.807, 2.05) is 0 Å². The molecule has 0 bridgehead atoms. The number of amides is 2. The topological polar surface area (TPSA) is 122 Å². The quantitative estimate of drug-likeness (QED) is 0.531. The van der Waals surface area contributed by atoms with Gasteiger partial charge in [-0.05, 0) is 5.92 Å². The number of carbonyl (C=O) groups excluding carboxylic acids is 3. The summed E-state index contributed by atoms with van der Waals surface area (Å²) in [5, 5.41) is 13.6. The van der Waals surface area contributed by atoms with Crippen molar-refractivity contribution in [3.05, 3.63) is 0 Å². The van der Waals surface area contributed by atoms with E-state index in [1.54, 1.807) is 13.8 Å². The summed E-state index contributed by atoms with van der Waals surface area (Å²) < 4.78 is 4.36. The summed E-state index contributed by atoms with van der Waals surface area (Å²) in [6.07, 6.45) is -0.484. The lowest BCUT2D eigenvalue weighted by atomic mass is 10.0. The highest BCUT2D eigenvalue weighted by Crippen LogP contribution is 2.04. The van der Waals surface area contributed by atoms with E-state index in [0.717, 1.165) is 7.11 Å². The number of nitrogens with one attached hydrogen (secondary N) is 2. The number of carboxylic acids is 1. The first-order valence-electron chi connectivity index (χ1n) is 6.06. The lowest BCUT2D eigenvalue weighted by Crippen LogP contribution is -2.53. The highest BCUT2D eigenvalue weighted by atomic mass is 16.5. The van der Waals surface area contributed by atoms with Crippen molar-refractivity contribution < 1.29 is 29.0 Å². The number of rotatable bonds is 7. The van der Waals surface area contributed by atoms with Crippen molar-refractivity contribution in [1.29, 1.82) is 0 Å². The van der Waals surface area contributed by atoms with Gasteiger partial charge in [-0.15, -0.1) is 0 Å². The van der Waals surface area contributed by atoms with Gasteiger partial charge in [0.15, 0.2) is 0 Å². The molecule has 3 N–H and O–H groups in total. The number of ether oxygens (including phenoxy) is 1. The molecular formula is C12H20N2O6. The average Bonchev–Trinajstić information content (AvgIpc) is 2.33. The number of esters is 1. The third-order valence-electron chi connectivity index (χ3n) is 2.52. The smallest absolute Gasteiger partial charge is 0.326 e. The van der Waals surface area contributed by atoms with E-state index < -0.39 is 42.3 Å². The molecule has 0 aromatic heterocycles. The predicted molar refractivity (Wildman–Crippen MR) is 68.6 cm³/mol. The molecule has 114 valence electrons. The van der Waals surface area contributed by atoms with Gasteiger partial charge in [0.2, 0.25) is 11.8 Å². The Hall–Kier alpha value is -2.12. The molecule has 0 aromatic carbocycles. The van der Waals surface area contributed by atoms with Crippen molar-refractivity contribution in [1.82, 2.24) is 10.6 Å². The van der Waals surface area contributed by atoms with Crippen LogP contribution in [0.2, 0.25) is 0 Å². The molecule has 0 aliphatic heterocycles. The van der Waals surface area contributed by atoms with Crippen molar-refractivity contribution >= 4 is 23.8 Å². The summed E-state index contributed by atoms with van der Waals surface area (Å²) in [5.41, 5.74) is 0. The fraction of sp³-hybridized carbons (Fsp3) is 0.667. The molecule has 0 saturated heterocycles. The number of aliphatic carboxylic acids is 1. The summed E-state index contributed by atoms with van der Waals surface area (Å²) in [6.45, 7) is 4.67. The van der Waals surface area contributed by atoms with Gasteiger partial charge in [0.25, 0.3) is 0 Å². The number of hydrogen-bond acceptors (Lipinski definition) is 5. The first kappa shape index (κ1) is 17.9. The summed E-state index contributed by atoms with van der Waals surface area (Å²) >= 11 is 0.